The van der Waals surface area contributed by atoms with Crippen LogP contribution >= 0.6 is 11.9 Å². The van der Waals surface area contributed by atoms with Gasteiger partial charge >= 0.3 is 0 Å². The van der Waals surface area contributed by atoms with E-state index in [1.165, 1.54) is 11.1 Å². The fourth-order valence-corrected chi connectivity index (χ4v) is 3.69. The molecule has 2 rings (SSSR count). The van der Waals surface area contributed by atoms with Crippen molar-refractivity contribution in [1.29, 1.82) is 0 Å². The second-order valence-electron chi connectivity index (χ2n) is 7.73. The number of aryl methyl sites for hydroxylation is 1. The third-order valence-electron chi connectivity index (χ3n) is 5.10. The molecule has 0 radical (unpaired) electrons. The van der Waals surface area contributed by atoms with Crippen LogP contribution in [0.15, 0.2) is 82.1 Å². The van der Waals surface area contributed by atoms with Crippen LogP contribution in [0.2, 0.25) is 0 Å². The Kier molecular flexibility index (Phi) is 10.4. The molecule has 0 fully saturated rings. The Labute approximate surface area is 192 Å². The Morgan fingerprint density at radius 1 is 1.10 bits per heavy atom. The van der Waals surface area contributed by atoms with Gasteiger partial charge in [0.2, 0.25) is 0 Å². The largest absolute Gasteiger partial charge is 0.386 e. The maximum atomic E-state index is 4.47. The van der Waals surface area contributed by atoms with E-state index in [1.54, 1.807) is 11.9 Å². The lowest BCUT2D eigenvalue weighted by molar-refractivity contribution is 0.532. The summed E-state index contributed by atoms with van der Waals surface area (Å²) in [5, 5.41) is 6.81. The van der Waals surface area contributed by atoms with Crippen LogP contribution in [-0.4, -0.2) is 12.3 Å². The highest BCUT2D eigenvalue weighted by Gasteiger charge is 2.03. The first-order chi connectivity index (χ1) is 14.9. The van der Waals surface area contributed by atoms with Crippen LogP contribution in [0, 0.1) is 6.92 Å². The second-order valence-corrected chi connectivity index (χ2v) is 8.70. The molecule has 0 atom stereocenters. The summed E-state index contributed by atoms with van der Waals surface area (Å²) in [7, 11) is 0. The van der Waals surface area contributed by atoms with Gasteiger partial charge in [-0.3, -0.25) is 4.72 Å². The summed E-state index contributed by atoms with van der Waals surface area (Å²) in [6.07, 6.45) is 4.09. The van der Waals surface area contributed by atoms with E-state index in [9.17, 15) is 0 Å². The minimum Gasteiger partial charge on any atom is -0.386 e. The van der Waals surface area contributed by atoms with Crippen molar-refractivity contribution in [2.75, 3.05) is 5.32 Å². The topological polar surface area (TPSA) is 48.5 Å². The molecule has 0 amide bonds. The smallest absolute Gasteiger partial charge is 0.123 e. The van der Waals surface area contributed by atoms with Crippen molar-refractivity contribution in [2.24, 2.45) is 4.99 Å². The van der Waals surface area contributed by atoms with E-state index in [2.05, 4.69) is 97.9 Å². The number of anilines is 1. The van der Waals surface area contributed by atoms with Gasteiger partial charge in [-0.2, -0.15) is 0 Å². The zero-order valence-electron chi connectivity index (χ0n) is 19.5. The minimum absolute atomic E-state index is 0.507. The molecule has 2 aromatic rings. The first-order valence-corrected chi connectivity index (χ1v) is 11.7. The summed E-state index contributed by atoms with van der Waals surface area (Å²) in [6, 6.07) is 17.3. The van der Waals surface area contributed by atoms with E-state index in [-0.39, 0.29) is 0 Å². The predicted molar refractivity (Wildman–Crippen MR) is 137 cm³/mol. The SMILES string of the molecule is C=C(/N=C\C(C)=C(/C)NC(CC)CC)Nc1ccc(SNCc2cccc(C)c2)cc1. The molecular formula is C26H36N4S. The Balaban J connectivity index is 1.82. The van der Waals surface area contributed by atoms with Crippen molar-refractivity contribution in [3.63, 3.8) is 0 Å². The molecule has 0 heterocycles. The first-order valence-electron chi connectivity index (χ1n) is 10.9. The first kappa shape index (κ1) is 24.8. The maximum Gasteiger partial charge on any atom is 0.123 e. The van der Waals surface area contributed by atoms with Crippen LogP contribution < -0.4 is 15.4 Å². The van der Waals surface area contributed by atoms with Crippen molar-refractivity contribution in [3.05, 3.63) is 83.3 Å². The molecule has 4 nitrogen and oxygen atoms in total. The third-order valence-corrected chi connectivity index (χ3v) is 5.90. The fraction of sp³-hybridized carbons (Fsp3) is 0.346. The van der Waals surface area contributed by atoms with Crippen LogP contribution in [0.25, 0.3) is 0 Å². The monoisotopic (exact) mass is 436 g/mol. The highest BCUT2D eigenvalue weighted by atomic mass is 32.2. The molecule has 0 spiro atoms. The van der Waals surface area contributed by atoms with Gasteiger partial charge < -0.3 is 10.6 Å². The van der Waals surface area contributed by atoms with E-state index >= 15 is 0 Å². The van der Waals surface area contributed by atoms with E-state index in [0.29, 0.717) is 11.9 Å². The predicted octanol–water partition coefficient (Wildman–Crippen LogP) is 6.82. The zero-order valence-corrected chi connectivity index (χ0v) is 20.3. The lowest BCUT2D eigenvalue weighted by Crippen LogP contribution is -2.26. The third kappa shape index (κ3) is 9.03. The second kappa shape index (κ2) is 13.0. The fourth-order valence-electron chi connectivity index (χ4n) is 3.01. The van der Waals surface area contributed by atoms with Crippen LogP contribution in [0.4, 0.5) is 5.69 Å². The van der Waals surface area contributed by atoms with E-state index < -0.39 is 0 Å². The average molecular weight is 437 g/mol. The van der Waals surface area contributed by atoms with Gasteiger partial charge in [-0.25, -0.2) is 4.99 Å². The molecule has 0 aliphatic carbocycles. The van der Waals surface area contributed by atoms with Crippen LogP contribution in [-0.2, 0) is 6.54 Å². The van der Waals surface area contributed by atoms with Gasteiger partial charge in [0.15, 0.2) is 0 Å². The maximum absolute atomic E-state index is 4.47. The molecule has 0 aromatic heterocycles. The van der Waals surface area contributed by atoms with Gasteiger partial charge in [0.25, 0.3) is 0 Å². The summed E-state index contributed by atoms with van der Waals surface area (Å²) in [5.41, 5.74) is 5.81. The van der Waals surface area contributed by atoms with Crippen molar-refractivity contribution in [2.45, 2.75) is 64.9 Å². The standard InChI is InChI=1S/C26H36N4S/c1-7-24(8-2)29-21(5)20(4)17-27-22(6)30-25-12-14-26(15-13-25)31-28-18-23-11-9-10-19(3)16-23/h9-17,24,28-30H,6-8,18H2,1-5H3/b21-20+,27-17-. The van der Waals surface area contributed by atoms with Gasteiger partial charge in [-0.1, -0.05) is 50.3 Å². The molecule has 0 aliphatic heterocycles. The average Bonchev–Trinajstić information content (AvgIpc) is 2.77. The van der Waals surface area contributed by atoms with Crippen molar-refractivity contribution < 1.29 is 0 Å². The molecule has 2 aromatic carbocycles. The number of nitrogens with one attached hydrogen (secondary N) is 3. The van der Waals surface area contributed by atoms with Crippen molar-refractivity contribution >= 4 is 23.8 Å². The minimum atomic E-state index is 0.507. The molecule has 0 saturated heterocycles. The van der Waals surface area contributed by atoms with E-state index in [4.69, 9.17) is 0 Å². The summed E-state index contributed by atoms with van der Waals surface area (Å²) in [5.74, 6) is 0.618. The van der Waals surface area contributed by atoms with Gasteiger partial charge in [0, 0.05) is 35.1 Å². The van der Waals surface area contributed by atoms with Gasteiger partial charge in [0.1, 0.15) is 5.82 Å². The molecule has 3 N–H and O–H groups in total. The number of hydrogen-bond acceptors (Lipinski definition) is 5. The molecule has 0 unspecified atom stereocenters. The summed E-state index contributed by atoms with van der Waals surface area (Å²) < 4.78 is 3.41. The zero-order chi connectivity index (χ0) is 22.6. The van der Waals surface area contributed by atoms with Gasteiger partial charge in [-0.05, 0) is 81.0 Å². The number of aliphatic imine (C=N–C) groups is 1. The number of allylic oxidation sites excluding steroid dienone is 2. The van der Waals surface area contributed by atoms with Crippen molar-refractivity contribution in [3.8, 4) is 0 Å². The van der Waals surface area contributed by atoms with Crippen molar-refractivity contribution in [1.82, 2.24) is 10.0 Å². The number of hydrogen-bond donors (Lipinski definition) is 3. The normalized spacial score (nSPS) is 12.2. The van der Waals surface area contributed by atoms with Gasteiger partial charge in [-0.15, -0.1) is 0 Å². The molecule has 0 aliphatic rings. The Morgan fingerprint density at radius 2 is 1.81 bits per heavy atom. The summed E-state index contributed by atoms with van der Waals surface area (Å²) >= 11 is 1.63. The quantitative estimate of drug-likeness (QED) is 0.252. The number of benzene rings is 2. The van der Waals surface area contributed by atoms with Crippen LogP contribution in [0.3, 0.4) is 0 Å². The molecule has 166 valence electrons. The van der Waals surface area contributed by atoms with E-state index in [0.717, 1.165) is 41.2 Å². The van der Waals surface area contributed by atoms with Crippen LogP contribution in [0.1, 0.15) is 51.7 Å². The Morgan fingerprint density at radius 3 is 2.45 bits per heavy atom. The number of nitrogens with zero attached hydrogens (tertiary/aromatic N) is 1. The van der Waals surface area contributed by atoms with E-state index in [1.807, 2.05) is 18.3 Å². The Hall–Kier alpha value is -2.50. The summed E-state index contributed by atoms with van der Waals surface area (Å²) in [4.78, 5) is 5.63. The lowest BCUT2D eigenvalue weighted by Gasteiger charge is -2.17. The molecular weight excluding hydrogens is 400 g/mol. The van der Waals surface area contributed by atoms with Crippen LogP contribution in [0.5, 0.6) is 0 Å². The molecule has 0 saturated carbocycles. The highest BCUT2D eigenvalue weighted by Crippen LogP contribution is 2.19. The lowest BCUT2D eigenvalue weighted by atomic mass is 10.1. The van der Waals surface area contributed by atoms with Gasteiger partial charge in [0.05, 0.1) is 0 Å². The number of rotatable bonds is 12. The molecule has 31 heavy (non-hydrogen) atoms. The highest BCUT2D eigenvalue weighted by molar-refractivity contribution is 7.97. The Bertz CT molecular complexity index is 896. The summed E-state index contributed by atoms with van der Waals surface area (Å²) in [6.45, 7) is 15.5. The molecule has 0 bridgehead atoms. The molecule has 5 heteroatoms.